The van der Waals surface area contributed by atoms with Crippen molar-refractivity contribution in [2.45, 2.75) is 37.2 Å². The van der Waals surface area contributed by atoms with E-state index in [1.807, 2.05) is 0 Å². The van der Waals surface area contributed by atoms with E-state index in [2.05, 4.69) is 10.6 Å². The van der Waals surface area contributed by atoms with Crippen molar-refractivity contribution < 1.29 is 17.6 Å². The van der Waals surface area contributed by atoms with Gasteiger partial charge in [0.25, 0.3) is 0 Å². The molecule has 0 bridgehead atoms. The molecule has 8 heteroatoms. The number of urea groups is 1. The summed E-state index contributed by atoms with van der Waals surface area (Å²) in [5.74, 6) is 0.674. The zero-order valence-electron chi connectivity index (χ0n) is 14.5. The van der Waals surface area contributed by atoms with Gasteiger partial charge in [0.15, 0.2) is 0 Å². The maximum atomic E-state index is 12.6. The third kappa shape index (κ3) is 4.64. The quantitative estimate of drug-likeness (QED) is 0.809. The lowest BCUT2D eigenvalue weighted by Gasteiger charge is -2.25. The van der Waals surface area contributed by atoms with Crippen molar-refractivity contribution in [2.75, 3.05) is 13.1 Å². The van der Waals surface area contributed by atoms with Crippen molar-refractivity contribution in [3.8, 4) is 0 Å². The van der Waals surface area contributed by atoms with Crippen LogP contribution in [0.2, 0.25) is 0 Å². The van der Waals surface area contributed by atoms with E-state index >= 15 is 0 Å². The van der Waals surface area contributed by atoms with Gasteiger partial charge in [-0.2, -0.15) is 4.31 Å². The van der Waals surface area contributed by atoms with Gasteiger partial charge in [0.05, 0.1) is 17.7 Å². The van der Waals surface area contributed by atoms with Gasteiger partial charge in [-0.25, -0.2) is 13.2 Å². The molecule has 140 valence electrons. The van der Waals surface area contributed by atoms with Crippen LogP contribution in [0.5, 0.6) is 0 Å². The Morgan fingerprint density at radius 1 is 1.00 bits per heavy atom. The van der Waals surface area contributed by atoms with E-state index < -0.39 is 10.0 Å². The zero-order chi connectivity index (χ0) is 18.4. The van der Waals surface area contributed by atoms with Crippen LogP contribution in [0.4, 0.5) is 4.79 Å². The summed E-state index contributed by atoms with van der Waals surface area (Å²) in [5, 5.41) is 5.42. The number of hydrogen-bond donors (Lipinski definition) is 2. The molecule has 0 radical (unpaired) electrons. The summed E-state index contributed by atoms with van der Waals surface area (Å²) in [7, 11) is -3.42. The monoisotopic (exact) mass is 377 g/mol. The predicted octanol–water partition coefficient (Wildman–Crippen LogP) is 2.45. The largest absolute Gasteiger partial charge is 0.467 e. The fourth-order valence-electron chi connectivity index (χ4n) is 2.86. The first-order valence-corrected chi connectivity index (χ1v) is 10.1. The molecule has 26 heavy (non-hydrogen) atoms. The van der Waals surface area contributed by atoms with Gasteiger partial charge in [-0.05, 0) is 42.7 Å². The second-order valence-electron chi connectivity index (χ2n) is 6.22. The van der Waals surface area contributed by atoms with Crippen molar-refractivity contribution in [2.24, 2.45) is 0 Å². The van der Waals surface area contributed by atoms with Gasteiger partial charge in [0, 0.05) is 19.6 Å². The Balaban J connectivity index is 1.51. The highest BCUT2D eigenvalue weighted by Gasteiger charge is 2.25. The van der Waals surface area contributed by atoms with Crippen LogP contribution >= 0.6 is 0 Å². The van der Waals surface area contributed by atoms with Crippen molar-refractivity contribution in [3.63, 3.8) is 0 Å². The maximum absolute atomic E-state index is 12.6. The molecule has 2 N–H and O–H groups in total. The van der Waals surface area contributed by atoms with Crippen LogP contribution in [0.3, 0.4) is 0 Å². The molecule has 1 aliphatic heterocycles. The first-order valence-electron chi connectivity index (χ1n) is 8.69. The normalized spacial score (nSPS) is 15.5. The lowest BCUT2D eigenvalue weighted by Crippen LogP contribution is -2.35. The molecule has 2 aromatic rings. The number of furan rings is 1. The highest BCUT2D eigenvalue weighted by Crippen LogP contribution is 2.20. The molecule has 7 nitrogen and oxygen atoms in total. The first-order chi connectivity index (χ1) is 12.6. The maximum Gasteiger partial charge on any atom is 0.315 e. The molecule has 2 heterocycles. The fourth-order valence-corrected chi connectivity index (χ4v) is 4.38. The van der Waals surface area contributed by atoms with E-state index in [9.17, 15) is 13.2 Å². The number of hydrogen-bond acceptors (Lipinski definition) is 4. The van der Waals surface area contributed by atoms with Gasteiger partial charge in [-0.1, -0.05) is 18.6 Å². The van der Waals surface area contributed by atoms with Gasteiger partial charge in [0.2, 0.25) is 10.0 Å². The summed E-state index contributed by atoms with van der Waals surface area (Å²) in [5.41, 5.74) is 0.829. The number of carbonyl (C=O) groups excluding carboxylic acids is 1. The average molecular weight is 377 g/mol. The highest BCUT2D eigenvalue weighted by atomic mass is 32.2. The molecule has 1 aromatic heterocycles. The Morgan fingerprint density at radius 2 is 1.69 bits per heavy atom. The van der Waals surface area contributed by atoms with E-state index in [1.165, 1.54) is 0 Å². The number of nitrogens with one attached hydrogen (secondary N) is 2. The highest BCUT2D eigenvalue weighted by molar-refractivity contribution is 7.89. The number of amides is 2. The van der Waals surface area contributed by atoms with Crippen LogP contribution in [0.15, 0.2) is 52.0 Å². The van der Waals surface area contributed by atoms with Crippen molar-refractivity contribution in [3.05, 3.63) is 54.0 Å². The minimum absolute atomic E-state index is 0.297. The molecule has 1 saturated heterocycles. The number of piperidine rings is 1. The third-order valence-corrected chi connectivity index (χ3v) is 6.25. The molecule has 0 aliphatic carbocycles. The molecule has 0 spiro atoms. The van der Waals surface area contributed by atoms with Gasteiger partial charge in [-0.15, -0.1) is 0 Å². The fraction of sp³-hybridized carbons (Fsp3) is 0.389. The summed E-state index contributed by atoms with van der Waals surface area (Å²) >= 11 is 0. The van der Waals surface area contributed by atoms with Crippen LogP contribution in [0, 0.1) is 0 Å². The topological polar surface area (TPSA) is 91.7 Å². The lowest BCUT2D eigenvalue weighted by molar-refractivity contribution is 0.239. The molecule has 0 atom stereocenters. The molecule has 3 rings (SSSR count). The molecule has 2 amide bonds. The Hall–Kier alpha value is -2.32. The van der Waals surface area contributed by atoms with Crippen LogP contribution < -0.4 is 10.6 Å². The standard InChI is InChI=1S/C18H23N3O4S/c22-18(20-14-16-5-4-12-25-16)19-13-15-6-8-17(9-7-15)26(23,24)21-10-2-1-3-11-21/h4-9,12H,1-3,10-11,13-14H2,(H2,19,20,22). The Bertz CT molecular complexity index is 811. The molecule has 1 aliphatic rings. The van der Waals surface area contributed by atoms with Crippen LogP contribution in [0.1, 0.15) is 30.6 Å². The van der Waals surface area contributed by atoms with Gasteiger partial charge in [0.1, 0.15) is 5.76 Å². The first kappa shape index (κ1) is 18.5. The van der Waals surface area contributed by atoms with E-state index in [-0.39, 0.29) is 6.03 Å². The summed E-state index contributed by atoms with van der Waals surface area (Å²) in [4.78, 5) is 12.1. The number of benzene rings is 1. The molecular weight excluding hydrogens is 354 g/mol. The molecule has 1 fully saturated rings. The number of carbonyl (C=O) groups is 1. The Kier molecular flexibility index (Phi) is 5.95. The number of rotatable bonds is 6. The van der Waals surface area contributed by atoms with E-state index in [0.717, 1.165) is 24.8 Å². The predicted molar refractivity (Wildman–Crippen MR) is 96.8 cm³/mol. The minimum atomic E-state index is -3.42. The van der Waals surface area contributed by atoms with E-state index in [0.29, 0.717) is 36.8 Å². The summed E-state index contributed by atoms with van der Waals surface area (Å²) in [6.07, 6.45) is 4.45. The van der Waals surface area contributed by atoms with Crippen molar-refractivity contribution in [1.82, 2.24) is 14.9 Å². The summed E-state index contributed by atoms with van der Waals surface area (Å²) in [6, 6.07) is 9.87. The second-order valence-corrected chi connectivity index (χ2v) is 8.16. The SMILES string of the molecule is O=C(NCc1ccc(S(=O)(=O)N2CCCCC2)cc1)NCc1ccco1. The van der Waals surface area contributed by atoms with E-state index in [4.69, 9.17) is 4.42 Å². The van der Waals surface area contributed by atoms with Crippen molar-refractivity contribution in [1.29, 1.82) is 0 Å². The van der Waals surface area contributed by atoms with Crippen molar-refractivity contribution >= 4 is 16.1 Å². The molecule has 0 unspecified atom stereocenters. The molecular formula is C18H23N3O4S. The molecule has 0 saturated carbocycles. The third-order valence-electron chi connectivity index (χ3n) is 4.33. The van der Waals surface area contributed by atoms with Crippen LogP contribution in [0.25, 0.3) is 0 Å². The van der Waals surface area contributed by atoms with Crippen LogP contribution in [-0.2, 0) is 23.1 Å². The zero-order valence-corrected chi connectivity index (χ0v) is 15.3. The Labute approximate surface area is 153 Å². The van der Waals surface area contributed by atoms with Gasteiger partial charge < -0.3 is 15.1 Å². The lowest BCUT2D eigenvalue weighted by atomic mass is 10.2. The average Bonchev–Trinajstić information content (AvgIpc) is 3.19. The van der Waals surface area contributed by atoms with Gasteiger partial charge >= 0.3 is 6.03 Å². The number of nitrogens with zero attached hydrogens (tertiary/aromatic N) is 1. The molecule has 1 aromatic carbocycles. The van der Waals surface area contributed by atoms with E-state index in [1.54, 1.807) is 47.0 Å². The second kappa shape index (κ2) is 8.37. The summed E-state index contributed by atoms with van der Waals surface area (Å²) < 4.78 is 31.9. The summed E-state index contributed by atoms with van der Waals surface area (Å²) in [6.45, 7) is 1.79. The van der Waals surface area contributed by atoms with Gasteiger partial charge in [-0.3, -0.25) is 0 Å². The Morgan fingerprint density at radius 3 is 2.35 bits per heavy atom. The number of sulfonamides is 1. The smallest absolute Gasteiger partial charge is 0.315 e. The minimum Gasteiger partial charge on any atom is -0.467 e. The van der Waals surface area contributed by atoms with Crippen LogP contribution in [-0.4, -0.2) is 31.8 Å².